The lowest BCUT2D eigenvalue weighted by atomic mass is 10.0. The number of hydrogen-bond donors (Lipinski definition) is 1. The van der Waals surface area contributed by atoms with Gasteiger partial charge in [0.25, 0.3) is 5.91 Å². The summed E-state index contributed by atoms with van der Waals surface area (Å²) in [5, 5.41) is 0.662. The summed E-state index contributed by atoms with van der Waals surface area (Å²) in [6.45, 7) is 8.18. The zero-order valence-corrected chi connectivity index (χ0v) is 15.8. The van der Waals surface area contributed by atoms with E-state index in [0.29, 0.717) is 29.0 Å². The van der Waals surface area contributed by atoms with Crippen molar-refractivity contribution < 1.29 is 19.2 Å². The summed E-state index contributed by atoms with van der Waals surface area (Å²) in [7, 11) is 0. The van der Waals surface area contributed by atoms with Gasteiger partial charge in [0, 0.05) is 31.0 Å². The second-order valence-corrected chi connectivity index (χ2v) is 7.66. The number of piperidine rings is 1. The van der Waals surface area contributed by atoms with Crippen LogP contribution in [0.15, 0.2) is 24.3 Å². The first kappa shape index (κ1) is 18.5. The standard InChI is InChI=1S/C19H27ClN2O3/c1-14-11-22(12-15(2)25-14)17-7-9-21(10-8-17)19(23)13-24-18-5-3-16(20)4-6-18/h3-6,14-15,17H,7-13H2,1-2H3/p+1/t14-,15+. The molecule has 2 aliphatic rings. The molecule has 3 atom stereocenters. The predicted molar refractivity (Wildman–Crippen MR) is 97.3 cm³/mol. The minimum atomic E-state index is 0.0621. The molecule has 1 amide bonds. The lowest BCUT2D eigenvalue weighted by molar-refractivity contribution is -0.940. The summed E-state index contributed by atoms with van der Waals surface area (Å²) in [5.41, 5.74) is 0. The Morgan fingerprint density at radius 3 is 2.40 bits per heavy atom. The smallest absolute Gasteiger partial charge is 0.260 e. The van der Waals surface area contributed by atoms with Gasteiger partial charge in [0.2, 0.25) is 0 Å². The Kier molecular flexibility index (Phi) is 6.20. The van der Waals surface area contributed by atoms with E-state index in [1.165, 1.54) is 0 Å². The summed E-state index contributed by atoms with van der Waals surface area (Å²) in [6.07, 6.45) is 2.76. The van der Waals surface area contributed by atoms with Gasteiger partial charge < -0.3 is 19.3 Å². The molecular formula is C19H28ClN2O3+. The fourth-order valence-electron chi connectivity index (χ4n) is 3.95. The monoisotopic (exact) mass is 367 g/mol. The number of ether oxygens (including phenoxy) is 2. The van der Waals surface area contributed by atoms with Gasteiger partial charge >= 0.3 is 0 Å². The Labute approximate surface area is 154 Å². The zero-order chi connectivity index (χ0) is 17.8. The Morgan fingerprint density at radius 1 is 1.20 bits per heavy atom. The van der Waals surface area contributed by atoms with Crippen LogP contribution in [0, 0.1) is 0 Å². The van der Waals surface area contributed by atoms with Crippen LogP contribution in [0.2, 0.25) is 5.02 Å². The van der Waals surface area contributed by atoms with E-state index in [1.807, 2.05) is 4.90 Å². The number of carbonyl (C=O) groups is 1. The van der Waals surface area contributed by atoms with Gasteiger partial charge in [-0.15, -0.1) is 0 Å². The van der Waals surface area contributed by atoms with Crippen molar-refractivity contribution in [2.45, 2.75) is 44.9 Å². The van der Waals surface area contributed by atoms with Gasteiger partial charge in [0.05, 0.1) is 6.04 Å². The first-order valence-electron chi connectivity index (χ1n) is 9.17. The normalized spacial score (nSPS) is 28.0. The molecule has 0 radical (unpaired) electrons. The molecule has 3 rings (SSSR count). The highest BCUT2D eigenvalue weighted by Crippen LogP contribution is 2.16. The highest BCUT2D eigenvalue weighted by molar-refractivity contribution is 6.30. The highest BCUT2D eigenvalue weighted by Gasteiger charge is 2.34. The van der Waals surface area contributed by atoms with Crippen LogP contribution in [0.4, 0.5) is 0 Å². The average Bonchev–Trinajstić information content (AvgIpc) is 2.60. The van der Waals surface area contributed by atoms with Crippen molar-refractivity contribution in [1.82, 2.24) is 4.90 Å². The molecule has 2 heterocycles. The van der Waals surface area contributed by atoms with Crippen molar-refractivity contribution in [3.63, 3.8) is 0 Å². The summed E-state index contributed by atoms with van der Waals surface area (Å²) >= 11 is 5.85. The number of halogens is 1. The molecule has 1 aromatic carbocycles. The third kappa shape index (κ3) is 5.09. The number of carbonyl (C=O) groups excluding carboxylic acids is 1. The summed E-state index contributed by atoms with van der Waals surface area (Å²) in [4.78, 5) is 15.9. The van der Waals surface area contributed by atoms with E-state index < -0.39 is 0 Å². The molecule has 0 spiro atoms. The van der Waals surface area contributed by atoms with Crippen molar-refractivity contribution in [3.05, 3.63) is 29.3 Å². The molecule has 2 aliphatic heterocycles. The Balaban J connectivity index is 1.43. The van der Waals surface area contributed by atoms with E-state index in [4.69, 9.17) is 21.1 Å². The number of nitrogens with one attached hydrogen (secondary N) is 1. The van der Waals surface area contributed by atoms with Crippen molar-refractivity contribution in [3.8, 4) is 5.75 Å². The van der Waals surface area contributed by atoms with Gasteiger partial charge in [-0.2, -0.15) is 0 Å². The van der Waals surface area contributed by atoms with Crippen molar-refractivity contribution in [2.75, 3.05) is 32.8 Å². The van der Waals surface area contributed by atoms with Gasteiger partial charge in [-0.05, 0) is 38.1 Å². The largest absolute Gasteiger partial charge is 0.484 e. The first-order chi connectivity index (χ1) is 12.0. The third-order valence-electron chi connectivity index (χ3n) is 5.16. The molecule has 2 fully saturated rings. The molecule has 138 valence electrons. The number of nitrogens with zero attached hydrogens (tertiary/aromatic N) is 1. The molecule has 6 heteroatoms. The molecule has 0 saturated carbocycles. The first-order valence-corrected chi connectivity index (χ1v) is 9.55. The van der Waals surface area contributed by atoms with E-state index in [9.17, 15) is 4.79 Å². The van der Waals surface area contributed by atoms with Crippen LogP contribution in [0.3, 0.4) is 0 Å². The number of likely N-dealkylation sites (tertiary alicyclic amines) is 1. The van der Waals surface area contributed by atoms with Crippen molar-refractivity contribution >= 4 is 17.5 Å². The fraction of sp³-hybridized carbons (Fsp3) is 0.632. The maximum atomic E-state index is 12.4. The topological polar surface area (TPSA) is 43.2 Å². The third-order valence-corrected chi connectivity index (χ3v) is 5.42. The number of rotatable bonds is 4. The van der Waals surface area contributed by atoms with Gasteiger partial charge in [-0.25, -0.2) is 0 Å². The van der Waals surface area contributed by atoms with Gasteiger partial charge in [-0.1, -0.05) is 11.6 Å². The lowest BCUT2D eigenvalue weighted by Crippen LogP contribution is -3.19. The van der Waals surface area contributed by atoms with Crippen LogP contribution in [0.25, 0.3) is 0 Å². The van der Waals surface area contributed by atoms with Gasteiger partial charge in [-0.3, -0.25) is 4.79 Å². The van der Waals surface area contributed by atoms with Gasteiger partial charge in [0.15, 0.2) is 6.61 Å². The molecule has 2 saturated heterocycles. The summed E-state index contributed by atoms with van der Waals surface area (Å²) < 4.78 is 11.4. The second-order valence-electron chi connectivity index (χ2n) is 7.22. The molecule has 0 aliphatic carbocycles. The number of benzene rings is 1. The van der Waals surface area contributed by atoms with Crippen LogP contribution >= 0.6 is 11.6 Å². The van der Waals surface area contributed by atoms with Crippen LogP contribution < -0.4 is 9.64 Å². The Morgan fingerprint density at radius 2 is 1.80 bits per heavy atom. The predicted octanol–water partition coefficient (Wildman–Crippen LogP) is 1.40. The van der Waals surface area contributed by atoms with Crippen LogP contribution in [-0.4, -0.2) is 61.8 Å². The Hall–Kier alpha value is -1.30. The quantitative estimate of drug-likeness (QED) is 0.874. The average molecular weight is 368 g/mol. The second kappa shape index (κ2) is 8.39. The van der Waals surface area contributed by atoms with E-state index in [0.717, 1.165) is 39.0 Å². The van der Waals surface area contributed by atoms with E-state index in [1.54, 1.807) is 29.2 Å². The van der Waals surface area contributed by atoms with Crippen molar-refractivity contribution in [1.29, 1.82) is 0 Å². The number of morpholine rings is 1. The maximum Gasteiger partial charge on any atom is 0.260 e. The fourth-order valence-corrected chi connectivity index (χ4v) is 4.08. The lowest BCUT2D eigenvalue weighted by Gasteiger charge is -2.40. The molecule has 0 aromatic heterocycles. The molecule has 1 N–H and O–H groups in total. The zero-order valence-electron chi connectivity index (χ0n) is 15.0. The van der Waals surface area contributed by atoms with E-state index in [2.05, 4.69) is 13.8 Å². The van der Waals surface area contributed by atoms with Gasteiger partial charge in [0.1, 0.15) is 31.0 Å². The minimum Gasteiger partial charge on any atom is -0.484 e. The number of amides is 1. The summed E-state index contributed by atoms with van der Waals surface area (Å²) in [6, 6.07) is 7.73. The van der Waals surface area contributed by atoms with Crippen molar-refractivity contribution in [2.24, 2.45) is 0 Å². The number of quaternary nitrogens is 1. The maximum absolute atomic E-state index is 12.4. The van der Waals surface area contributed by atoms with Crippen LogP contribution in [0.1, 0.15) is 26.7 Å². The molecule has 0 bridgehead atoms. The molecule has 5 nitrogen and oxygen atoms in total. The Bertz CT molecular complexity index is 563. The molecule has 1 unspecified atom stereocenters. The molecule has 1 aromatic rings. The van der Waals surface area contributed by atoms with Crippen LogP contribution in [0.5, 0.6) is 5.75 Å². The molecule has 25 heavy (non-hydrogen) atoms. The van der Waals surface area contributed by atoms with E-state index >= 15 is 0 Å². The number of hydrogen-bond acceptors (Lipinski definition) is 3. The SMILES string of the molecule is C[C@@H]1C[NH+](C2CCN(C(=O)COc3ccc(Cl)cc3)CC2)C[C@H](C)O1. The molecular weight excluding hydrogens is 340 g/mol. The minimum absolute atomic E-state index is 0.0621. The van der Waals surface area contributed by atoms with Crippen LogP contribution in [-0.2, 0) is 9.53 Å². The highest BCUT2D eigenvalue weighted by atomic mass is 35.5. The van der Waals surface area contributed by atoms with E-state index in [-0.39, 0.29) is 12.5 Å². The summed E-state index contributed by atoms with van der Waals surface area (Å²) in [5.74, 6) is 0.737.